The Bertz CT molecular complexity index is 1050. The molecule has 2 fully saturated rings. The summed E-state index contributed by atoms with van der Waals surface area (Å²) in [6, 6.07) is 1.87. The molecule has 1 N–H and O–H groups in total. The third-order valence-corrected chi connectivity index (χ3v) is 6.28. The van der Waals surface area contributed by atoms with Crippen LogP contribution in [0.15, 0.2) is 16.9 Å². The number of non-ortho nitro benzene ring substituents is 2. The quantitative estimate of drug-likeness (QED) is 0.593. The summed E-state index contributed by atoms with van der Waals surface area (Å²) in [7, 11) is 0. The summed E-state index contributed by atoms with van der Waals surface area (Å²) >= 11 is 0.924. The second kappa shape index (κ2) is 6.51. The third-order valence-electron chi connectivity index (χ3n) is 4.93. The number of piperidine rings is 1. The van der Waals surface area contributed by atoms with Crippen LogP contribution in [0, 0.1) is 20.2 Å². The highest BCUT2D eigenvalue weighted by Crippen LogP contribution is 2.44. The van der Waals surface area contributed by atoms with Gasteiger partial charge in [-0.3, -0.25) is 25.0 Å². The van der Waals surface area contributed by atoms with E-state index in [2.05, 4.69) is 10.3 Å². The van der Waals surface area contributed by atoms with Crippen LogP contribution in [0.1, 0.15) is 24.8 Å². The second-order valence-corrected chi connectivity index (χ2v) is 7.96. The summed E-state index contributed by atoms with van der Waals surface area (Å²) in [5.74, 6) is -0.770. The van der Waals surface area contributed by atoms with Crippen LogP contribution in [-0.4, -0.2) is 40.3 Å². The molecule has 0 radical (unpaired) electrons. The monoisotopic (exact) mass is 408 g/mol. The van der Waals surface area contributed by atoms with E-state index in [0.29, 0.717) is 12.8 Å². The molecule has 3 heterocycles. The van der Waals surface area contributed by atoms with E-state index >= 15 is 0 Å². The summed E-state index contributed by atoms with van der Waals surface area (Å²) in [5.41, 5.74) is -2.84. The number of aromatic nitrogens is 1. The number of nitrogens with zero attached hydrogens (tertiary/aromatic N) is 3. The summed E-state index contributed by atoms with van der Waals surface area (Å²) in [4.78, 5) is 37.6. The lowest BCUT2D eigenvalue weighted by molar-refractivity contribution is -0.392. The van der Waals surface area contributed by atoms with Crippen LogP contribution in [-0.2, 0) is 15.1 Å². The Hall–Kier alpha value is -2.54. The standard InChI is InChI=1S/C16H16N4O7S/c1-15(8-26-16(27-15)2-4-17-5-3-16)14-18-13(21)10-6-9(19(22)23)7-11(20(24)25)12(10)28-14/h6-7,17H,2-5,8H2,1H3. The molecule has 1 atom stereocenters. The fourth-order valence-corrected chi connectivity index (χ4v) is 4.63. The van der Waals surface area contributed by atoms with Gasteiger partial charge in [0.1, 0.15) is 15.3 Å². The minimum atomic E-state index is -1.04. The highest BCUT2D eigenvalue weighted by Gasteiger charge is 2.50. The van der Waals surface area contributed by atoms with Gasteiger partial charge >= 0.3 is 0 Å². The van der Waals surface area contributed by atoms with E-state index in [-0.39, 0.29) is 21.7 Å². The smallest absolute Gasteiger partial charge is 0.294 e. The van der Waals surface area contributed by atoms with E-state index in [0.717, 1.165) is 36.6 Å². The molecule has 1 unspecified atom stereocenters. The number of nitrogens with one attached hydrogen (secondary N) is 1. The molecule has 0 saturated carbocycles. The van der Waals surface area contributed by atoms with E-state index in [1.54, 1.807) is 6.92 Å². The highest BCUT2D eigenvalue weighted by atomic mass is 32.1. The first kappa shape index (κ1) is 18.8. The van der Waals surface area contributed by atoms with E-state index in [4.69, 9.17) is 9.47 Å². The molecule has 0 aliphatic carbocycles. The van der Waals surface area contributed by atoms with Crippen LogP contribution >= 0.6 is 11.3 Å². The van der Waals surface area contributed by atoms with Crippen molar-refractivity contribution in [3.8, 4) is 0 Å². The molecule has 0 bridgehead atoms. The molecule has 1 aromatic carbocycles. The number of rotatable bonds is 3. The van der Waals surface area contributed by atoms with Gasteiger partial charge < -0.3 is 14.8 Å². The van der Waals surface area contributed by atoms with Crippen molar-refractivity contribution in [2.45, 2.75) is 31.2 Å². The van der Waals surface area contributed by atoms with Crippen molar-refractivity contribution in [2.75, 3.05) is 19.7 Å². The molecule has 11 nitrogen and oxygen atoms in total. The number of fused-ring (bicyclic) bond motifs is 1. The van der Waals surface area contributed by atoms with Crippen LogP contribution < -0.4 is 10.9 Å². The van der Waals surface area contributed by atoms with Gasteiger partial charge in [-0.25, -0.2) is 0 Å². The summed E-state index contributed by atoms with van der Waals surface area (Å²) < 4.78 is 12.1. The van der Waals surface area contributed by atoms with Gasteiger partial charge in [0.2, 0.25) is 0 Å². The summed E-state index contributed by atoms with van der Waals surface area (Å²) in [5, 5.41) is 25.8. The van der Waals surface area contributed by atoms with Crippen LogP contribution in [0.3, 0.4) is 0 Å². The van der Waals surface area contributed by atoms with Gasteiger partial charge in [0.05, 0.1) is 27.9 Å². The van der Waals surface area contributed by atoms with Gasteiger partial charge in [-0.2, -0.15) is 4.98 Å². The van der Waals surface area contributed by atoms with E-state index < -0.39 is 38.2 Å². The molecule has 1 spiro atoms. The zero-order valence-electron chi connectivity index (χ0n) is 14.8. The molecule has 2 aliphatic rings. The van der Waals surface area contributed by atoms with Crippen molar-refractivity contribution in [1.29, 1.82) is 0 Å². The molecule has 1 aromatic heterocycles. The van der Waals surface area contributed by atoms with Crippen LogP contribution in [0.2, 0.25) is 0 Å². The Morgan fingerprint density at radius 1 is 1.21 bits per heavy atom. The molecule has 2 saturated heterocycles. The van der Waals surface area contributed by atoms with Crippen molar-refractivity contribution >= 4 is 32.8 Å². The molecule has 148 valence electrons. The van der Waals surface area contributed by atoms with Crippen LogP contribution in [0.4, 0.5) is 11.4 Å². The number of hydrogen-bond acceptors (Lipinski definition) is 10. The zero-order valence-corrected chi connectivity index (χ0v) is 15.6. The molecule has 0 amide bonds. The van der Waals surface area contributed by atoms with Crippen molar-refractivity contribution < 1.29 is 19.3 Å². The summed E-state index contributed by atoms with van der Waals surface area (Å²) in [6.07, 6.45) is 1.27. The van der Waals surface area contributed by atoms with Crippen molar-refractivity contribution in [2.24, 2.45) is 0 Å². The topological polar surface area (TPSA) is 147 Å². The summed E-state index contributed by atoms with van der Waals surface area (Å²) in [6.45, 7) is 3.34. The highest BCUT2D eigenvalue weighted by molar-refractivity contribution is 7.18. The first-order valence-corrected chi connectivity index (χ1v) is 9.38. The van der Waals surface area contributed by atoms with Crippen molar-refractivity contribution in [3.05, 3.63) is 47.7 Å². The fraction of sp³-hybridized carbons (Fsp3) is 0.500. The Balaban J connectivity index is 1.84. The average Bonchev–Trinajstić information content (AvgIpc) is 2.98. The van der Waals surface area contributed by atoms with Gasteiger partial charge in [-0.05, 0) is 6.92 Å². The Kier molecular flexibility index (Phi) is 4.38. The predicted octanol–water partition coefficient (Wildman–Crippen LogP) is 1.81. The third kappa shape index (κ3) is 3.03. The Morgan fingerprint density at radius 2 is 1.93 bits per heavy atom. The Morgan fingerprint density at radius 3 is 2.57 bits per heavy atom. The lowest BCUT2D eigenvalue weighted by Crippen LogP contribution is -2.44. The fourth-order valence-electron chi connectivity index (χ4n) is 3.50. The SMILES string of the molecule is CC1(c2nc(=O)c3cc([N+](=O)[O-])cc([N+](=O)[O-])c3s2)COC2(CCNCC2)O1. The second-order valence-electron chi connectivity index (χ2n) is 6.96. The predicted molar refractivity (Wildman–Crippen MR) is 98.4 cm³/mol. The van der Waals surface area contributed by atoms with Gasteiger partial charge in [0.25, 0.3) is 16.9 Å². The first-order valence-electron chi connectivity index (χ1n) is 8.56. The number of benzene rings is 1. The number of hydrogen-bond donors (Lipinski definition) is 1. The molecule has 28 heavy (non-hydrogen) atoms. The minimum absolute atomic E-state index is 0.0293. The average molecular weight is 408 g/mol. The first-order chi connectivity index (χ1) is 13.2. The zero-order chi connectivity index (χ0) is 20.1. The molecule has 4 rings (SSSR count). The number of nitro benzene ring substituents is 2. The number of nitro groups is 2. The van der Waals surface area contributed by atoms with E-state index in [1.807, 2.05) is 0 Å². The molecule has 12 heteroatoms. The van der Waals surface area contributed by atoms with Crippen molar-refractivity contribution in [1.82, 2.24) is 10.3 Å². The van der Waals surface area contributed by atoms with Crippen molar-refractivity contribution in [3.63, 3.8) is 0 Å². The largest absolute Gasteiger partial charge is 0.346 e. The molecular weight excluding hydrogens is 392 g/mol. The minimum Gasteiger partial charge on any atom is -0.346 e. The maximum atomic E-state index is 12.6. The Labute approximate surface area is 161 Å². The van der Waals surface area contributed by atoms with Crippen LogP contribution in [0.25, 0.3) is 10.1 Å². The maximum Gasteiger partial charge on any atom is 0.294 e. The molecular formula is C16H16N4O7S. The van der Waals surface area contributed by atoms with Gasteiger partial charge in [-0.1, -0.05) is 0 Å². The maximum absolute atomic E-state index is 12.6. The molecule has 2 aromatic rings. The van der Waals surface area contributed by atoms with Gasteiger partial charge in [-0.15, -0.1) is 11.3 Å². The lowest BCUT2D eigenvalue weighted by atomic mass is 10.1. The lowest BCUT2D eigenvalue weighted by Gasteiger charge is -2.33. The molecule has 2 aliphatic heterocycles. The van der Waals surface area contributed by atoms with E-state index in [1.165, 1.54) is 0 Å². The normalized spacial score (nSPS) is 23.9. The van der Waals surface area contributed by atoms with Gasteiger partial charge in [0.15, 0.2) is 5.79 Å². The van der Waals surface area contributed by atoms with Crippen LogP contribution in [0.5, 0.6) is 0 Å². The van der Waals surface area contributed by atoms with Gasteiger partial charge in [0, 0.05) is 32.0 Å². The number of ether oxygens (including phenoxy) is 2. The van der Waals surface area contributed by atoms with E-state index in [9.17, 15) is 25.0 Å².